The molecule has 0 aliphatic heterocycles. The molecule has 18 heavy (non-hydrogen) atoms. The lowest BCUT2D eigenvalue weighted by atomic mass is 9.99. The van der Waals surface area contributed by atoms with Crippen LogP contribution in [0.2, 0.25) is 0 Å². The number of fused-ring (bicyclic) bond motifs is 1. The molecule has 2 aromatic rings. The van der Waals surface area contributed by atoms with Crippen LogP contribution in [0.15, 0.2) is 34.9 Å². The fourth-order valence-electron chi connectivity index (χ4n) is 2.50. The maximum Gasteiger partial charge on any atom is 0.134 e. The third kappa shape index (κ3) is 2.94. The zero-order valence-electron chi connectivity index (χ0n) is 11.4. The van der Waals surface area contributed by atoms with Crippen LogP contribution in [0.5, 0.6) is 0 Å². The van der Waals surface area contributed by atoms with E-state index in [2.05, 4.69) is 24.4 Å². The smallest absolute Gasteiger partial charge is 0.134 e. The number of para-hydroxylation sites is 1. The predicted molar refractivity (Wildman–Crippen MR) is 76.8 cm³/mol. The summed E-state index contributed by atoms with van der Waals surface area (Å²) in [6.07, 6.45) is 8.32. The molecule has 1 atom stereocenters. The van der Waals surface area contributed by atoms with Crippen molar-refractivity contribution in [3.05, 3.63) is 36.1 Å². The number of furan rings is 1. The van der Waals surface area contributed by atoms with Crippen molar-refractivity contribution in [2.45, 2.75) is 45.1 Å². The van der Waals surface area contributed by atoms with E-state index in [1.54, 1.807) is 0 Å². The van der Waals surface area contributed by atoms with E-state index >= 15 is 0 Å². The second-order valence-electron chi connectivity index (χ2n) is 4.88. The molecule has 2 nitrogen and oxygen atoms in total. The molecule has 1 N–H and O–H groups in total. The summed E-state index contributed by atoms with van der Waals surface area (Å²) in [4.78, 5) is 0. The van der Waals surface area contributed by atoms with Crippen molar-refractivity contribution in [2.24, 2.45) is 0 Å². The van der Waals surface area contributed by atoms with Crippen molar-refractivity contribution in [1.82, 2.24) is 5.32 Å². The van der Waals surface area contributed by atoms with Gasteiger partial charge in [0.05, 0.1) is 6.26 Å². The number of unbranched alkanes of at least 4 members (excludes halogenated alkanes) is 3. The molecule has 0 spiro atoms. The summed E-state index contributed by atoms with van der Waals surface area (Å²) < 4.78 is 5.62. The van der Waals surface area contributed by atoms with Gasteiger partial charge in [-0.2, -0.15) is 0 Å². The zero-order valence-corrected chi connectivity index (χ0v) is 11.4. The highest BCUT2D eigenvalue weighted by Gasteiger charge is 2.14. The maximum atomic E-state index is 5.62. The number of rotatable bonds is 7. The van der Waals surface area contributed by atoms with E-state index in [9.17, 15) is 0 Å². The number of nitrogens with one attached hydrogen (secondary N) is 1. The largest absolute Gasteiger partial charge is 0.464 e. The molecule has 0 saturated carbocycles. The van der Waals surface area contributed by atoms with Crippen LogP contribution in [0.3, 0.4) is 0 Å². The Hall–Kier alpha value is -1.28. The van der Waals surface area contributed by atoms with Crippen LogP contribution in [-0.2, 0) is 0 Å². The molecule has 0 fully saturated rings. The van der Waals surface area contributed by atoms with Gasteiger partial charge in [0.15, 0.2) is 0 Å². The Labute approximate surface area is 109 Å². The molecule has 1 aromatic carbocycles. The summed E-state index contributed by atoms with van der Waals surface area (Å²) in [5.41, 5.74) is 2.28. The maximum absolute atomic E-state index is 5.62. The van der Waals surface area contributed by atoms with Gasteiger partial charge >= 0.3 is 0 Å². The lowest BCUT2D eigenvalue weighted by Crippen LogP contribution is -2.15. The first-order valence-corrected chi connectivity index (χ1v) is 7.00. The van der Waals surface area contributed by atoms with E-state index in [1.807, 2.05) is 25.4 Å². The number of benzene rings is 1. The molecule has 0 aliphatic carbocycles. The minimum Gasteiger partial charge on any atom is -0.464 e. The van der Waals surface area contributed by atoms with Crippen molar-refractivity contribution >= 4 is 11.0 Å². The van der Waals surface area contributed by atoms with Gasteiger partial charge in [-0.15, -0.1) is 0 Å². The van der Waals surface area contributed by atoms with E-state index in [4.69, 9.17) is 4.42 Å². The van der Waals surface area contributed by atoms with Crippen LogP contribution in [0, 0.1) is 0 Å². The number of hydrogen-bond acceptors (Lipinski definition) is 2. The second-order valence-corrected chi connectivity index (χ2v) is 4.88. The average Bonchev–Trinajstić information content (AvgIpc) is 2.83. The summed E-state index contributed by atoms with van der Waals surface area (Å²) in [6.45, 7) is 2.25. The minimum atomic E-state index is 0.408. The van der Waals surface area contributed by atoms with Crippen LogP contribution in [0.4, 0.5) is 0 Å². The molecule has 1 unspecified atom stereocenters. The van der Waals surface area contributed by atoms with Crippen molar-refractivity contribution in [3.63, 3.8) is 0 Å². The van der Waals surface area contributed by atoms with Gasteiger partial charge in [-0.05, 0) is 19.5 Å². The summed E-state index contributed by atoms with van der Waals surface area (Å²) in [5.74, 6) is 0. The molecule has 0 bridgehead atoms. The average molecular weight is 245 g/mol. The Balaban J connectivity index is 2.07. The molecule has 0 radical (unpaired) electrons. The highest BCUT2D eigenvalue weighted by atomic mass is 16.3. The molecule has 0 aliphatic rings. The number of hydrogen-bond donors (Lipinski definition) is 1. The lowest BCUT2D eigenvalue weighted by molar-refractivity contribution is 0.499. The van der Waals surface area contributed by atoms with Gasteiger partial charge < -0.3 is 9.73 Å². The van der Waals surface area contributed by atoms with Crippen LogP contribution in [0.25, 0.3) is 11.0 Å². The third-order valence-corrected chi connectivity index (χ3v) is 3.58. The highest BCUT2D eigenvalue weighted by Crippen LogP contribution is 2.29. The molecule has 1 heterocycles. The molecule has 0 amide bonds. The van der Waals surface area contributed by atoms with Gasteiger partial charge in [-0.1, -0.05) is 50.8 Å². The van der Waals surface area contributed by atoms with Crippen molar-refractivity contribution < 1.29 is 4.42 Å². The van der Waals surface area contributed by atoms with Gasteiger partial charge in [0.1, 0.15) is 5.58 Å². The molecule has 2 rings (SSSR count). The molecular formula is C16H23NO. The lowest BCUT2D eigenvalue weighted by Gasteiger charge is -2.14. The molecule has 1 aromatic heterocycles. The van der Waals surface area contributed by atoms with Gasteiger partial charge in [0, 0.05) is 17.0 Å². The van der Waals surface area contributed by atoms with Gasteiger partial charge in [0.25, 0.3) is 0 Å². The van der Waals surface area contributed by atoms with Gasteiger partial charge in [-0.3, -0.25) is 0 Å². The summed E-state index contributed by atoms with van der Waals surface area (Å²) in [7, 11) is 2.03. The topological polar surface area (TPSA) is 25.2 Å². The molecule has 2 heteroatoms. The van der Waals surface area contributed by atoms with E-state index in [0.717, 1.165) is 5.58 Å². The summed E-state index contributed by atoms with van der Waals surface area (Å²) in [6, 6.07) is 8.68. The molecular weight excluding hydrogens is 222 g/mol. The Morgan fingerprint density at radius 3 is 2.78 bits per heavy atom. The fraction of sp³-hybridized carbons (Fsp3) is 0.500. The first-order chi connectivity index (χ1) is 8.86. The van der Waals surface area contributed by atoms with E-state index in [1.165, 1.54) is 43.1 Å². The van der Waals surface area contributed by atoms with Crippen molar-refractivity contribution in [2.75, 3.05) is 7.05 Å². The zero-order chi connectivity index (χ0) is 12.8. The highest BCUT2D eigenvalue weighted by molar-refractivity contribution is 5.81. The van der Waals surface area contributed by atoms with Gasteiger partial charge in [-0.25, -0.2) is 0 Å². The summed E-state index contributed by atoms with van der Waals surface area (Å²) in [5, 5.41) is 4.66. The van der Waals surface area contributed by atoms with Crippen molar-refractivity contribution in [3.8, 4) is 0 Å². The van der Waals surface area contributed by atoms with Crippen LogP contribution >= 0.6 is 0 Å². The second kappa shape index (κ2) is 6.60. The Kier molecular flexibility index (Phi) is 4.82. The van der Waals surface area contributed by atoms with Crippen LogP contribution < -0.4 is 5.32 Å². The molecule has 98 valence electrons. The van der Waals surface area contributed by atoms with Crippen LogP contribution in [0.1, 0.15) is 50.6 Å². The first-order valence-electron chi connectivity index (χ1n) is 7.00. The Morgan fingerprint density at radius 1 is 1.17 bits per heavy atom. The van der Waals surface area contributed by atoms with E-state index < -0.39 is 0 Å². The Morgan fingerprint density at radius 2 is 2.00 bits per heavy atom. The monoisotopic (exact) mass is 245 g/mol. The first kappa shape index (κ1) is 13.2. The SMILES string of the molecule is CCCCCCC(NC)c1coc2ccccc12. The standard InChI is InChI=1S/C16H23NO/c1-3-4-5-6-10-15(17-2)14-12-18-16-11-8-7-9-13(14)16/h7-9,11-12,15,17H,3-6,10H2,1-2H3. The minimum absolute atomic E-state index is 0.408. The fourth-order valence-corrected chi connectivity index (χ4v) is 2.50. The quantitative estimate of drug-likeness (QED) is 0.717. The summed E-state index contributed by atoms with van der Waals surface area (Å²) >= 11 is 0. The van der Waals surface area contributed by atoms with E-state index in [0.29, 0.717) is 6.04 Å². The van der Waals surface area contributed by atoms with E-state index in [-0.39, 0.29) is 0 Å². The van der Waals surface area contributed by atoms with Gasteiger partial charge in [0.2, 0.25) is 0 Å². The molecule has 0 saturated heterocycles. The Bertz CT molecular complexity index is 475. The van der Waals surface area contributed by atoms with Crippen molar-refractivity contribution in [1.29, 1.82) is 0 Å². The van der Waals surface area contributed by atoms with Crippen LogP contribution in [-0.4, -0.2) is 7.05 Å². The third-order valence-electron chi connectivity index (χ3n) is 3.58. The normalized spacial score (nSPS) is 13.0. The predicted octanol–water partition coefficient (Wildman–Crippen LogP) is 4.66.